The molecule has 0 unspecified atom stereocenters. The van der Waals surface area contributed by atoms with Gasteiger partial charge < -0.3 is 10.6 Å². The number of aromatic amines is 1. The Labute approximate surface area is 139 Å². The summed E-state index contributed by atoms with van der Waals surface area (Å²) >= 11 is 0. The molecular formula is C16H18N6O2. The first-order valence-electron chi connectivity index (χ1n) is 7.30. The standard InChI is InChI=1S/C16H18N6O2/c1-10-5-4-6-11(20-10)14(23)21-12-7-19-22-13(12)15(24)18-9-16(2,3)8-17/h4-7H,9H2,1-3H3,(H,18,24)(H,19,22)(H,21,23). The van der Waals surface area contributed by atoms with Gasteiger partial charge in [-0.3, -0.25) is 14.7 Å². The molecule has 0 fully saturated rings. The van der Waals surface area contributed by atoms with Crippen molar-refractivity contribution in [3.8, 4) is 6.07 Å². The van der Waals surface area contributed by atoms with Crippen molar-refractivity contribution in [2.75, 3.05) is 11.9 Å². The summed E-state index contributed by atoms with van der Waals surface area (Å²) in [6, 6.07) is 7.18. The summed E-state index contributed by atoms with van der Waals surface area (Å²) in [5.41, 5.74) is 0.556. The Morgan fingerprint density at radius 3 is 2.75 bits per heavy atom. The number of carbonyl (C=O) groups is 2. The highest BCUT2D eigenvalue weighted by atomic mass is 16.2. The molecule has 0 saturated heterocycles. The number of hydrogen-bond donors (Lipinski definition) is 3. The van der Waals surface area contributed by atoms with Gasteiger partial charge in [0.1, 0.15) is 5.69 Å². The fourth-order valence-corrected chi connectivity index (χ4v) is 1.84. The first-order chi connectivity index (χ1) is 11.3. The maximum absolute atomic E-state index is 12.2. The van der Waals surface area contributed by atoms with Crippen molar-refractivity contribution >= 4 is 17.5 Å². The molecule has 0 atom stereocenters. The Balaban J connectivity index is 2.09. The lowest BCUT2D eigenvalue weighted by molar-refractivity contribution is 0.0939. The second kappa shape index (κ2) is 6.91. The number of pyridine rings is 1. The van der Waals surface area contributed by atoms with Crippen LogP contribution in [0.3, 0.4) is 0 Å². The van der Waals surface area contributed by atoms with E-state index < -0.39 is 17.2 Å². The Bertz CT molecular complexity index is 803. The van der Waals surface area contributed by atoms with Crippen LogP contribution in [0.2, 0.25) is 0 Å². The molecule has 0 aliphatic rings. The molecule has 2 rings (SSSR count). The number of aryl methyl sites for hydroxylation is 1. The second-order valence-electron chi connectivity index (χ2n) is 5.94. The van der Waals surface area contributed by atoms with Gasteiger partial charge in [-0.15, -0.1) is 0 Å². The summed E-state index contributed by atoms with van der Waals surface area (Å²) in [6.07, 6.45) is 1.41. The van der Waals surface area contributed by atoms with Gasteiger partial charge in [0.15, 0.2) is 5.69 Å². The first kappa shape index (κ1) is 17.1. The third-order valence-corrected chi connectivity index (χ3v) is 3.22. The first-order valence-corrected chi connectivity index (χ1v) is 7.30. The van der Waals surface area contributed by atoms with Gasteiger partial charge in [-0.1, -0.05) is 6.07 Å². The van der Waals surface area contributed by atoms with Crippen molar-refractivity contribution in [2.45, 2.75) is 20.8 Å². The number of amides is 2. The number of rotatable bonds is 5. The second-order valence-corrected chi connectivity index (χ2v) is 5.94. The van der Waals surface area contributed by atoms with Gasteiger partial charge in [0.05, 0.1) is 17.2 Å². The lowest BCUT2D eigenvalue weighted by Gasteiger charge is -2.15. The van der Waals surface area contributed by atoms with Gasteiger partial charge in [-0.2, -0.15) is 10.4 Å². The summed E-state index contributed by atoms with van der Waals surface area (Å²) in [4.78, 5) is 28.5. The minimum atomic E-state index is -0.694. The average Bonchev–Trinajstić information content (AvgIpc) is 3.01. The molecule has 3 N–H and O–H groups in total. The van der Waals surface area contributed by atoms with E-state index in [0.717, 1.165) is 0 Å². The largest absolute Gasteiger partial charge is 0.349 e. The van der Waals surface area contributed by atoms with E-state index in [2.05, 4.69) is 31.9 Å². The number of nitriles is 1. The smallest absolute Gasteiger partial charge is 0.274 e. The van der Waals surface area contributed by atoms with Crippen LogP contribution in [0.25, 0.3) is 0 Å². The van der Waals surface area contributed by atoms with E-state index in [4.69, 9.17) is 5.26 Å². The average molecular weight is 326 g/mol. The van der Waals surface area contributed by atoms with Crippen molar-refractivity contribution in [2.24, 2.45) is 5.41 Å². The monoisotopic (exact) mass is 326 g/mol. The number of nitrogens with one attached hydrogen (secondary N) is 3. The van der Waals surface area contributed by atoms with Crippen LogP contribution >= 0.6 is 0 Å². The van der Waals surface area contributed by atoms with Crippen LogP contribution in [0.5, 0.6) is 0 Å². The molecule has 0 aromatic carbocycles. The Morgan fingerprint density at radius 2 is 2.08 bits per heavy atom. The number of carbonyl (C=O) groups excluding carboxylic acids is 2. The summed E-state index contributed by atoms with van der Waals surface area (Å²) in [6.45, 7) is 5.38. The van der Waals surface area contributed by atoms with Crippen LogP contribution in [0.15, 0.2) is 24.4 Å². The van der Waals surface area contributed by atoms with Crippen LogP contribution in [-0.4, -0.2) is 33.5 Å². The van der Waals surface area contributed by atoms with Crippen molar-refractivity contribution in [1.82, 2.24) is 20.5 Å². The summed E-state index contributed by atoms with van der Waals surface area (Å²) < 4.78 is 0. The van der Waals surface area contributed by atoms with Crippen LogP contribution in [0, 0.1) is 23.7 Å². The molecule has 2 heterocycles. The van der Waals surface area contributed by atoms with Gasteiger partial charge in [0.2, 0.25) is 0 Å². The number of H-pyrrole nitrogens is 1. The topological polar surface area (TPSA) is 124 Å². The van der Waals surface area contributed by atoms with Gasteiger partial charge in [-0.25, -0.2) is 4.98 Å². The highest BCUT2D eigenvalue weighted by Gasteiger charge is 2.22. The van der Waals surface area contributed by atoms with Crippen molar-refractivity contribution in [3.05, 3.63) is 41.5 Å². The van der Waals surface area contributed by atoms with Gasteiger partial charge in [0.25, 0.3) is 11.8 Å². The number of aromatic nitrogens is 3. The van der Waals surface area contributed by atoms with E-state index in [9.17, 15) is 9.59 Å². The maximum Gasteiger partial charge on any atom is 0.274 e. The highest BCUT2D eigenvalue weighted by Crippen LogP contribution is 2.15. The normalized spacial score (nSPS) is 10.8. The summed E-state index contributed by atoms with van der Waals surface area (Å²) in [7, 11) is 0. The molecule has 2 aromatic heterocycles. The molecule has 0 spiro atoms. The third kappa shape index (κ3) is 4.16. The van der Waals surface area contributed by atoms with Gasteiger partial charge in [0, 0.05) is 18.4 Å². The zero-order valence-electron chi connectivity index (χ0n) is 13.7. The lowest BCUT2D eigenvalue weighted by Crippen LogP contribution is -2.33. The molecule has 2 amide bonds. The molecule has 0 saturated carbocycles. The van der Waals surface area contributed by atoms with E-state index in [0.29, 0.717) is 5.69 Å². The quantitative estimate of drug-likeness (QED) is 0.770. The van der Waals surface area contributed by atoms with Crippen LogP contribution in [-0.2, 0) is 0 Å². The zero-order chi connectivity index (χ0) is 17.7. The predicted octanol–water partition coefficient (Wildman–Crippen LogP) is 1.65. The van der Waals surface area contributed by atoms with E-state index >= 15 is 0 Å². The molecular weight excluding hydrogens is 308 g/mol. The maximum atomic E-state index is 12.2. The van der Waals surface area contributed by atoms with E-state index in [1.807, 2.05) is 0 Å². The zero-order valence-corrected chi connectivity index (χ0v) is 13.7. The summed E-state index contributed by atoms with van der Waals surface area (Å²) in [5, 5.41) is 20.6. The fourth-order valence-electron chi connectivity index (χ4n) is 1.84. The molecule has 0 aliphatic carbocycles. The van der Waals surface area contributed by atoms with Crippen molar-refractivity contribution < 1.29 is 9.59 Å². The third-order valence-electron chi connectivity index (χ3n) is 3.22. The Hall–Kier alpha value is -3.21. The minimum absolute atomic E-state index is 0.0461. The number of nitrogens with zero attached hydrogens (tertiary/aromatic N) is 3. The molecule has 0 radical (unpaired) electrons. The molecule has 0 aliphatic heterocycles. The molecule has 8 nitrogen and oxygen atoms in total. The predicted molar refractivity (Wildman–Crippen MR) is 87.2 cm³/mol. The van der Waals surface area contributed by atoms with Crippen LogP contribution < -0.4 is 10.6 Å². The van der Waals surface area contributed by atoms with E-state index in [1.165, 1.54) is 6.20 Å². The van der Waals surface area contributed by atoms with Crippen molar-refractivity contribution in [1.29, 1.82) is 5.26 Å². The van der Waals surface area contributed by atoms with E-state index in [1.54, 1.807) is 39.0 Å². The van der Waals surface area contributed by atoms with Crippen LogP contribution in [0.4, 0.5) is 5.69 Å². The van der Waals surface area contributed by atoms with Crippen LogP contribution in [0.1, 0.15) is 40.5 Å². The molecule has 8 heteroatoms. The molecule has 2 aromatic rings. The SMILES string of the molecule is Cc1cccc(C(=O)Nc2c[nH]nc2C(=O)NCC(C)(C)C#N)n1. The summed E-state index contributed by atoms with van der Waals surface area (Å²) in [5.74, 6) is -0.918. The highest BCUT2D eigenvalue weighted by molar-refractivity contribution is 6.07. The van der Waals surface area contributed by atoms with E-state index in [-0.39, 0.29) is 23.6 Å². The number of anilines is 1. The van der Waals surface area contributed by atoms with Gasteiger partial charge in [-0.05, 0) is 32.9 Å². The Morgan fingerprint density at radius 1 is 1.33 bits per heavy atom. The molecule has 124 valence electrons. The Kier molecular flexibility index (Phi) is 4.94. The van der Waals surface area contributed by atoms with Crippen molar-refractivity contribution in [3.63, 3.8) is 0 Å². The lowest BCUT2D eigenvalue weighted by atomic mass is 9.96. The fraction of sp³-hybridized carbons (Fsp3) is 0.312. The molecule has 0 bridgehead atoms. The number of hydrogen-bond acceptors (Lipinski definition) is 5. The molecule has 24 heavy (non-hydrogen) atoms. The minimum Gasteiger partial charge on any atom is -0.349 e. The van der Waals surface area contributed by atoms with Gasteiger partial charge >= 0.3 is 0 Å².